The van der Waals surface area contributed by atoms with Crippen LogP contribution in [0.1, 0.15) is 30.8 Å². The molecule has 1 N–H and O–H groups in total. The highest BCUT2D eigenvalue weighted by molar-refractivity contribution is 5.58. The molecule has 1 aromatic carbocycles. The number of hydrogen-bond donors (Lipinski definition) is 1. The van der Waals surface area contributed by atoms with E-state index in [1.165, 1.54) is 0 Å². The first kappa shape index (κ1) is 11.8. The van der Waals surface area contributed by atoms with Gasteiger partial charge < -0.3 is 9.84 Å². The lowest BCUT2D eigenvalue weighted by Gasteiger charge is -2.06. The fourth-order valence-electron chi connectivity index (χ4n) is 1.81. The van der Waals surface area contributed by atoms with Crippen LogP contribution in [-0.4, -0.2) is 17.2 Å². The maximum atomic E-state index is 5.29. The van der Waals surface area contributed by atoms with E-state index in [2.05, 4.69) is 22.4 Å². The molecular formula is C13H17N3O. The Bertz CT molecular complexity index is 489. The molecule has 4 nitrogen and oxygen atoms in total. The normalized spacial score (nSPS) is 12.6. The van der Waals surface area contributed by atoms with Gasteiger partial charge in [0, 0.05) is 5.56 Å². The Morgan fingerprint density at radius 2 is 2.12 bits per heavy atom. The third kappa shape index (κ3) is 2.36. The summed E-state index contributed by atoms with van der Waals surface area (Å²) in [5, 5.41) is 7.19. The van der Waals surface area contributed by atoms with Crippen molar-refractivity contribution in [3.05, 3.63) is 35.7 Å². The zero-order valence-corrected chi connectivity index (χ0v) is 10.4. The van der Waals surface area contributed by atoms with Crippen molar-refractivity contribution in [1.29, 1.82) is 0 Å². The van der Waals surface area contributed by atoms with Crippen molar-refractivity contribution >= 4 is 0 Å². The van der Waals surface area contributed by atoms with Crippen LogP contribution in [0.15, 0.2) is 28.8 Å². The monoisotopic (exact) mass is 231 g/mol. The highest BCUT2D eigenvalue weighted by Crippen LogP contribution is 2.22. The molecule has 1 aromatic heterocycles. The molecule has 0 saturated heterocycles. The van der Waals surface area contributed by atoms with Crippen LogP contribution in [0.25, 0.3) is 11.4 Å². The molecule has 0 saturated carbocycles. The zero-order valence-electron chi connectivity index (χ0n) is 10.4. The molecule has 90 valence electrons. The number of nitrogens with zero attached hydrogens (tertiary/aromatic N) is 2. The van der Waals surface area contributed by atoms with E-state index in [-0.39, 0.29) is 6.04 Å². The minimum Gasteiger partial charge on any atom is -0.337 e. The topological polar surface area (TPSA) is 51.0 Å². The lowest BCUT2D eigenvalue weighted by atomic mass is 10.1. The molecule has 2 rings (SSSR count). The van der Waals surface area contributed by atoms with Gasteiger partial charge >= 0.3 is 0 Å². The number of rotatable bonds is 4. The standard InChI is InChI=1S/C13H17N3O/c1-4-11(14-3)13-15-12(16-17-13)10-8-6-5-7-9(10)2/h5-8,11,14H,4H2,1-3H3. The number of hydrogen-bond acceptors (Lipinski definition) is 4. The van der Waals surface area contributed by atoms with Gasteiger partial charge in [0.15, 0.2) is 0 Å². The van der Waals surface area contributed by atoms with Gasteiger partial charge in [-0.2, -0.15) is 4.98 Å². The first-order valence-electron chi connectivity index (χ1n) is 5.83. The Morgan fingerprint density at radius 1 is 1.35 bits per heavy atom. The summed E-state index contributed by atoms with van der Waals surface area (Å²) in [6.07, 6.45) is 0.923. The molecule has 0 fully saturated rings. The third-order valence-corrected chi connectivity index (χ3v) is 2.88. The second kappa shape index (κ2) is 5.10. The molecule has 0 spiro atoms. The van der Waals surface area contributed by atoms with Gasteiger partial charge in [-0.3, -0.25) is 0 Å². The van der Waals surface area contributed by atoms with Crippen molar-refractivity contribution < 1.29 is 4.52 Å². The van der Waals surface area contributed by atoms with Crippen LogP contribution in [0.5, 0.6) is 0 Å². The molecular weight excluding hydrogens is 214 g/mol. The molecule has 0 bridgehead atoms. The predicted molar refractivity (Wildman–Crippen MR) is 66.6 cm³/mol. The van der Waals surface area contributed by atoms with Crippen LogP contribution in [0.2, 0.25) is 0 Å². The summed E-state index contributed by atoms with van der Waals surface area (Å²) >= 11 is 0. The van der Waals surface area contributed by atoms with Crippen molar-refractivity contribution in [2.24, 2.45) is 0 Å². The Labute approximate surface area is 101 Å². The number of nitrogens with one attached hydrogen (secondary N) is 1. The minimum absolute atomic E-state index is 0.125. The minimum atomic E-state index is 0.125. The Morgan fingerprint density at radius 3 is 2.76 bits per heavy atom. The molecule has 0 aliphatic carbocycles. The summed E-state index contributed by atoms with van der Waals surface area (Å²) in [6.45, 7) is 4.12. The molecule has 0 amide bonds. The Hall–Kier alpha value is -1.68. The van der Waals surface area contributed by atoms with Crippen LogP contribution in [0.4, 0.5) is 0 Å². The summed E-state index contributed by atoms with van der Waals surface area (Å²) in [6, 6.07) is 8.15. The first-order chi connectivity index (χ1) is 8.26. The first-order valence-corrected chi connectivity index (χ1v) is 5.83. The molecule has 0 aliphatic rings. The second-order valence-corrected chi connectivity index (χ2v) is 4.02. The number of benzene rings is 1. The van der Waals surface area contributed by atoms with Gasteiger partial charge in [0.25, 0.3) is 0 Å². The van der Waals surface area contributed by atoms with E-state index in [4.69, 9.17) is 4.52 Å². The van der Waals surface area contributed by atoms with Crippen molar-refractivity contribution in [2.45, 2.75) is 26.3 Å². The van der Waals surface area contributed by atoms with Gasteiger partial charge in [0.2, 0.25) is 11.7 Å². The summed E-state index contributed by atoms with van der Waals surface area (Å²) in [4.78, 5) is 4.44. The van der Waals surface area contributed by atoms with Crippen LogP contribution < -0.4 is 5.32 Å². The van der Waals surface area contributed by atoms with Gasteiger partial charge in [0.1, 0.15) is 0 Å². The molecule has 2 aromatic rings. The summed E-state index contributed by atoms with van der Waals surface area (Å²) in [5.74, 6) is 1.31. The summed E-state index contributed by atoms with van der Waals surface area (Å²) in [5.41, 5.74) is 2.17. The number of aromatic nitrogens is 2. The Balaban J connectivity index is 2.33. The van der Waals surface area contributed by atoms with E-state index < -0.39 is 0 Å². The molecule has 17 heavy (non-hydrogen) atoms. The second-order valence-electron chi connectivity index (χ2n) is 4.02. The molecule has 1 atom stereocenters. The largest absolute Gasteiger partial charge is 0.337 e. The van der Waals surface area contributed by atoms with Crippen molar-refractivity contribution in [3.8, 4) is 11.4 Å². The third-order valence-electron chi connectivity index (χ3n) is 2.88. The van der Waals surface area contributed by atoms with E-state index in [1.54, 1.807) is 0 Å². The SMILES string of the molecule is CCC(NC)c1nc(-c2ccccc2C)no1. The quantitative estimate of drug-likeness (QED) is 0.879. The maximum absolute atomic E-state index is 5.29. The Kier molecular flexibility index (Phi) is 3.54. The van der Waals surface area contributed by atoms with Gasteiger partial charge in [0.05, 0.1) is 6.04 Å². The van der Waals surface area contributed by atoms with E-state index in [1.807, 2.05) is 38.2 Å². The fourth-order valence-corrected chi connectivity index (χ4v) is 1.81. The van der Waals surface area contributed by atoms with Crippen molar-refractivity contribution in [2.75, 3.05) is 7.05 Å². The van der Waals surface area contributed by atoms with Gasteiger partial charge in [-0.1, -0.05) is 36.3 Å². The van der Waals surface area contributed by atoms with Crippen molar-refractivity contribution in [3.63, 3.8) is 0 Å². The highest BCUT2D eigenvalue weighted by atomic mass is 16.5. The van der Waals surface area contributed by atoms with E-state index in [9.17, 15) is 0 Å². The molecule has 1 heterocycles. The van der Waals surface area contributed by atoms with Crippen LogP contribution in [0.3, 0.4) is 0 Å². The van der Waals surface area contributed by atoms with Crippen LogP contribution in [0, 0.1) is 6.92 Å². The van der Waals surface area contributed by atoms with Crippen LogP contribution >= 0.6 is 0 Å². The molecule has 4 heteroatoms. The molecule has 0 aliphatic heterocycles. The van der Waals surface area contributed by atoms with E-state index in [0.29, 0.717) is 11.7 Å². The van der Waals surface area contributed by atoms with Crippen molar-refractivity contribution in [1.82, 2.24) is 15.5 Å². The lowest BCUT2D eigenvalue weighted by molar-refractivity contribution is 0.334. The van der Waals surface area contributed by atoms with Gasteiger partial charge in [-0.15, -0.1) is 0 Å². The van der Waals surface area contributed by atoms with Crippen LogP contribution in [-0.2, 0) is 0 Å². The summed E-state index contributed by atoms with van der Waals surface area (Å²) in [7, 11) is 1.89. The van der Waals surface area contributed by atoms with Gasteiger partial charge in [-0.25, -0.2) is 0 Å². The highest BCUT2D eigenvalue weighted by Gasteiger charge is 2.16. The predicted octanol–water partition coefficient (Wildman–Crippen LogP) is 2.72. The van der Waals surface area contributed by atoms with E-state index in [0.717, 1.165) is 17.5 Å². The lowest BCUT2D eigenvalue weighted by Crippen LogP contribution is -2.15. The zero-order chi connectivity index (χ0) is 12.3. The smallest absolute Gasteiger partial charge is 0.244 e. The molecule has 0 radical (unpaired) electrons. The van der Waals surface area contributed by atoms with E-state index >= 15 is 0 Å². The average Bonchev–Trinajstić information content (AvgIpc) is 2.81. The van der Waals surface area contributed by atoms with Gasteiger partial charge in [-0.05, 0) is 26.0 Å². The average molecular weight is 231 g/mol. The molecule has 1 unspecified atom stereocenters. The summed E-state index contributed by atoms with van der Waals surface area (Å²) < 4.78 is 5.29. The maximum Gasteiger partial charge on any atom is 0.244 e. The number of aryl methyl sites for hydroxylation is 1. The fraction of sp³-hybridized carbons (Fsp3) is 0.385.